The van der Waals surface area contributed by atoms with Crippen LogP contribution in [0.15, 0.2) is 34.8 Å². The van der Waals surface area contributed by atoms with Gasteiger partial charge in [-0.25, -0.2) is 4.98 Å². The number of hydrogen-bond donors (Lipinski definition) is 2. The molecule has 2 rings (SSSR count). The number of halogens is 1. The van der Waals surface area contributed by atoms with E-state index >= 15 is 0 Å². The number of nitrogens with two attached hydrogens (primary N) is 1. The molecule has 3 N–H and O–H groups in total. The molecular formula is C14H14BrN3O. The molecule has 0 spiro atoms. The summed E-state index contributed by atoms with van der Waals surface area (Å²) in [5, 5.41) is 7.64. The predicted molar refractivity (Wildman–Crippen MR) is 78.9 cm³/mol. The maximum absolute atomic E-state index is 7.64. The summed E-state index contributed by atoms with van der Waals surface area (Å²) in [6.45, 7) is 3.77. The third-order valence-corrected chi connectivity index (χ3v) is 3.08. The first-order valence-electron chi connectivity index (χ1n) is 5.73. The lowest BCUT2D eigenvalue weighted by Gasteiger charge is -2.12. The second kappa shape index (κ2) is 5.40. The highest BCUT2D eigenvalue weighted by molar-refractivity contribution is 9.10. The molecule has 0 unspecified atom stereocenters. The summed E-state index contributed by atoms with van der Waals surface area (Å²) in [6.07, 6.45) is 0. The second-order valence-corrected chi connectivity index (χ2v) is 5.15. The number of nitrogen functional groups attached to an aromatic ring is 1. The Labute approximate surface area is 120 Å². The molecule has 0 aliphatic heterocycles. The lowest BCUT2D eigenvalue weighted by atomic mass is 10.1. The number of benzene rings is 1. The molecule has 0 saturated heterocycles. The molecule has 1 aromatic heterocycles. The summed E-state index contributed by atoms with van der Waals surface area (Å²) in [7, 11) is 0. The van der Waals surface area contributed by atoms with Crippen molar-refractivity contribution < 1.29 is 4.74 Å². The van der Waals surface area contributed by atoms with E-state index in [4.69, 9.17) is 15.9 Å². The van der Waals surface area contributed by atoms with Crippen molar-refractivity contribution in [2.45, 2.75) is 13.8 Å². The van der Waals surface area contributed by atoms with Gasteiger partial charge in [0.15, 0.2) is 0 Å². The highest BCUT2D eigenvalue weighted by atomic mass is 79.9. The van der Waals surface area contributed by atoms with Crippen LogP contribution in [0.4, 0.5) is 0 Å². The van der Waals surface area contributed by atoms with E-state index in [9.17, 15) is 0 Å². The minimum Gasteiger partial charge on any atom is -0.438 e. The first-order chi connectivity index (χ1) is 8.97. The maximum Gasteiger partial charge on any atom is 0.230 e. The van der Waals surface area contributed by atoms with Gasteiger partial charge in [0.1, 0.15) is 11.6 Å². The zero-order valence-corrected chi connectivity index (χ0v) is 12.3. The van der Waals surface area contributed by atoms with Crippen LogP contribution in [0.5, 0.6) is 11.6 Å². The number of rotatable bonds is 3. The molecule has 0 aliphatic rings. The van der Waals surface area contributed by atoms with Crippen LogP contribution in [-0.4, -0.2) is 10.8 Å². The zero-order valence-electron chi connectivity index (χ0n) is 10.7. The average Bonchev–Trinajstić information content (AvgIpc) is 2.26. The quantitative estimate of drug-likeness (QED) is 0.671. The predicted octanol–water partition coefficient (Wildman–Crippen LogP) is 3.54. The van der Waals surface area contributed by atoms with Crippen LogP contribution in [0.1, 0.15) is 16.8 Å². The molecule has 0 amide bonds. The Balaban J connectivity index is 2.47. The zero-order chi connectivity index (χ0) is 14.0. The van der Waals surface area contributed by atoms with Gasteiger partial charge in [0.2, 0.25) is 5.88 Å². The number of ether oxygens (including phenoxy) is 1. The molecule has 1 aromatic carbocycles. The van der Waals surface area contributed by atoms with E-state index in [1.807, 2.05) is 44.2 Å². The van der Waals surface area contributed by atoms with Gasteiger partial charge in [-0.15, -0.1) is 0 Å². The van der Waals surface area contributed by atoms with Crippen molar-refractivity contribution in [2.24, 2.45) is 5.73 Å². The minimum absolute atomic E-state index is 0.0463. The Kier molecular flexibility index (Phi) is 3.85. The van der Waals surface area contributed by atoms with Crippen molar-refractivity contribution in [3.63, 3.8) is 0 Å². The topological polar surface area (TPSA) is 72.0 Å². The van der Waals surface area contributed by atoms with Crippen molar-refractivity contribution in [1.29, 1.82) is 5.41 Å². The van der Waals surface area contributed by atoms with Crippen molar-refractivity contribution in [3.05, 3.63) is 51.6 Å². The molecule has 0 bridgehead atoms. The first kappa shape index (κ1) is 13.5. The number of nitrogens with one attached hydrogen (secondary N) is 1. The smallest absolute Gasteiger partial charge is 0.230 e. The molecule has 2 aromatic rings. The second-order valence-electron chi connectivity index (χ2n) is 4.23. The van der Waals surface area contributed by atoms with Crippen molar-refractivity contribution >= 4 is 21.8 Å². The Morgan fingerprint density at radius 3 is 2.68 bits per heavy atom. The van der Waals surface area contributed by atoms with Crippen molar-refractivity contribution in [3.8, 4) is 11.6 Å². The van der Waals surface area contributed by atoms with E-state index in [2.05, 4.69) is 20.9 Å². The van der Waals surface area contributed by atoms with Gasteiger partial charge >= 0.3 is 0 Å². The Morgan fingerprint density at radius 1 is 1.32 bits per heavy atom. The number of amidine groups is 1. The van der Waals surface area contributed by atoms with Gasteiger partial charge in [-0.1, -0.05) is 22.0 Å². The van der Waals surface area contributed by atoms with Crippen LogP contribution in [0, 0.1) is 19.3 Å². The molecule has 4 nitrogen and oxygen atoms in total. The minimum atomic E-state index is -0.0463. The molecule has 0 radical (unpaired) electrons. The van der Waals surface area contributed by atoms with Crippen LogP contribution >= 0.6 is 15.9 Å². The summed E-state index contributed by atoms with van der Waals surface area (Å²) in [5.74, 6) is 0.965. The molecule has 0 saturated carbocycles. The van der Waals surface area contributed by atoms with E-state index in [-0.39, 0.29) is 5.84 Å². The number of hydrogen-bond acceptors (Lipinski definition) is 3. The molecule has 1 heterocycles. The fourth-order valence-corrected chi connectivity index (χ4v) is 2.22. The lowest BCUT2D eigenvalue weighted by molar-refractivity contribution is 0.459. The Bertz CT molecular complexity index is 641. The number of pyridine rings is 1. The molecule has 0 fully saturated rings. The third-order valence-electron chi connectivity index (χ3n) is 2.59. The molecular weight excluding hydrogens is 306 g/mol. The largest absolute Gasteiger partial charge is 0.438 e. The van der Waals surface area contributed by atoms with E-state index in [1.54, 1.807) is 0 Å². The molecule has 5 heteroatoms. The highest BCUT2D eigenvalue weighted by Crippen LogP contribution is 2.27. The van der Waals surface area contributed by atoms with Crippen molar-refractivity contribution in [1.82, 2.24) is 4.98 Å². The Morgan fingerprint density at radius 2 is 2.05 bits per heavy atom. The summed E-state index contributed by atoms with van der Waals surface area (Å²) >= 11 is 3.38. The SMILES string of the molecule is Cc1cc(C)c(C(=N)N)c(Oc2cccc(Br)c2)n1. The average molecular weight is 320 g/mol. The van der Waals surface area contributed by atoms with Gasteiger partial charge in [-0.2, -0.15) is 0 Å². The fraction of sp³-hybridized carbons (Fsp3) is 0.143. The van der Waals surface area contributed by atoms with Gasteiger partial charge in [0.25, 0.3) is 0 Å². The van der Waals surface area contributed by atoms with E-state index in [0.717, 1.165) is 15.7 Å². The van der Waals surface area contributed by atoms with E-state index < -0.39 is 0 Å². The van der Waals surface area contributed by atoms with E-state index in [0.29, 0.717) is 17.2 Å². The van der Waals surface area contributed by atoms with Gasteiger partial charge in [0.05, 0.1) is 5.56 Å². The van der Waals surface area contributed by atoms with E-state index in [1.165, 1.54) is 0 Å². The standard InChI is InChI=1S/C14H14BrN3O/c1-8-6-9(2)18-14(12(8)13(16)17)19-11-5-3-4-10(15)7-11/h3-7H,1-2H3,(H3,16,17). The maximum atomic E-state index is 7.64. The van der Waals surface area contributed by atoms with Gasteiger partial charge in [0, 0.05) is 10.2 Å². The Hall–Kier alpha value is -1.88. The summed E-state index contributed by atoms with van der Waals surface area (Å²) in [5.41, 5.74) is 7.84. The first-order valence-corrected chi connectivity index (χ1v) is 6.52. The highest BCUT2D eigenvalue weighted by Gasteiger charge is 2.13. The lowest BCUT2D eigenvalue weighted by Crippen LogP contribution is -2.15. The van der Waals surface area contributed by atoms with Crippen LogP contribution < -0.4 is 10.5 Å². The van der Waals surface area contributed by atoms with Gasteiger partial charge in [-0.3, -0.25) is 5.41 Å². The third kappa shape index (κ3) is 3.12. The van der Waals surface area contributed by atoms with Gasteiger partial charge < -0.3 is 10.5 Å². The summed E-state index contributed by atoms with van der Waals surface area (Å²) in [6, 6.07) is 9.32. The van der Waals surface area contributed by atoms with Crippen molar-refractivity contribution in [2.75, 3.05) is 0 Å². The fourth-order valence-electron chi connectivity index (χ4n) is 1.85. The van der Waals surface area contributed by atoms with Gasteiger partial charge in [-0.05, 0) is 43.7 Å². The molecule has 0 aliphatic carbocycles. The number of nitrogens with zero attached hydrogens (tertiary/aromatic N) is 1. The van der Waals surface area contributed by atoms with Crippen LogP contribution in [0.3, 0.4) is 0 Å². The molecule has 0 atom stereocenters. The molecule has 19 heavy (non-hydrogen) atoms. The van der Waals surface area contributed by atoms with Crippen LogP contribution in [0.25, 0.3) is 0 Å². The summed E-state index contributed by atoms with van der Waals surface area (Å²) in [4.78, 5) is 4.32. The van der Waals surface area contributed by atoms with Crippen LogP contribution in [0.2, 0.25) is 0 Å². The summed E-state index contributed by atoms with van der Waals surface area (Å²) < 4.78 is 6.67. The van der Waals surface area contributed by atoms with Crippen LogP contribution in [-0.2, 0) is 0 Å². The number of aromatic nitrogens is 1. The normalized spacial score (nSPS) is 10.3. The monoisotopic (exact) mass is 319 g/mol. The molecule has 98 valence electrons. The number of aryl methyl sites for hydroxylation is 2.